The third-order valence-corrected chi connectivity index (χ3v) is 3.97. The third kappa shape index (κ3) is 3.04. The molecule has 126 valence electrons. The van der Waals surface area contributed by atoms with Gasteiger partial charge in [0.05, 0.1) is 31.0 Å². The van der Waals surface area contributed by atoms with E-state index in [-0.39, 0.29) is 5.75 Å². The average Bonchev–Trinajstić information content (AvgIpc) is 2.63. The Hall–Kier alpha value is -3.33. The fraction of sp³-hybridized carbons (Fsp3) is 0.158. The van der Waals surface area contributed by atoms with Crippen LogP contribution in [0.1, 0.15) is 11.1 Å². The van der Waals surface area contributed by atoms with Crippen LogP contribution in [0.5, 0.6) is 11.5 Å². The molecule has 6 heteroatoms. The number of nitrogens with one attached hydrogen (secondary N) is 1. The first-order valence-corrected chi connectivity index (χ1v) is 7.55. The summed E-state index contributed by atoms with van der Waals surface area (Å²) in [5.41, 5.74) is 3.08. The van der Waals surface area contributed by atoms with Crippen LogP contribution in [-0.4, -0.2) is 19.2 Å². The van der Waals surface area contributed by atoms with Crippen LogP contribution in [0, 0.1) is 24.1 Å². The zero-order chi connectivity index (χ0) is 18.0. The van der Waals surface area contributed by atoms with Crippen molar-refractivity contribution in [2.45, 2.75) is 6.92 Å². The lowest BCUT2D eigenvalue weighted by molar-refractivity contribution is 0.387. The summed E-state index contributed by atoms with van der Waals surface area (Å²) in [5, 5.41) is 13.3. The van der Waals surface area contributed by atoms with Crippen molar-refractivity contribution in [3.8, 4) is 17.6 Å². The number of hydrogen-bond donors (Lipinski definition) is 1. The second-order valence-corrected chi connectivity index (χ2v) is 5.47. The maximum Gasteiger partial charge on any atom is 0.167 e. The summed E-state index contributed by atoms with van der Waals surface area (Å²) >= 11 is 0. The number of methoxy groups -OCH3 is 2. The van der Waals surface area contributed by atoms with Gasteiger partial charge < -0.3 is 14.8 Å². The van der Waals surface area contributed by atoms with Crippen LogP contribution >= 0.6 is 0 Å². The monoisotopic (exact) mass is 337 g/mol. The highest BCUT2D eigenvalue weighted by Crippen LogP contribution is 2.34. The highest BCUT2D eigenvalue weighted by atomic mass is 19.1. The molecule has 2 aromatic carbocycles. The Kier molecular flexibility index (Phi) is 4.40. The van der Waals surface area contributed by atoms with Crippen LogP contribution in [0.4, 0.5) is 15.8 Å². The van der Waals surface area contributed by atoms with Gasteiger partial charge in [-0.25, -0.2) is 4.39 Å². The molecular formula is C19H16FN3O2. The van der Waals surface area contributed by atoms with Gasteiger partial charge in [0.2, 0.25) is 0 Å². The molecule has 0 amide bonds. The van der Waals surface area contributed by atoms with E-state index in [1.165, 1.54) is 25.4 Å². The number of rotatable bonds is 4. The number of halogens is 1. The number of hydrogen-bond acceptors (Lipinski definition) is 5. The van der Waals surface area contributed by atoms with E-state index < -0.39 is 5.82 Å². The summed E-state index contributed by atoms with van der Waals surface area (Å²) in [6.45, 7) is 1.94. The Morgan fingerprint density at radius 2 is 1.96 bits per heavy atom. The molecule has 25 heavy (non-hydrogen) atoms. The predicted octanol–water partition coefficient (Wildman–Crippen LogP) is 4.31. The van der Waals surface area contributed by atoms with Gasteiger partial charge in [-0.15, -0.1) is 0 Å². The molecule has 0 atom stereocenters. The number of aromatic nitrogens is 1. The molecule has 1 N–H and O–H groups in total. The molecule has 0 radical (unpaired) electrons. The number of nitrogens with zero attached hydrogens (tertiary/aromatic N) is 2. The van der Waals surface area contributed by atoms with Crippen LogP contribution in [0.2, 0.25) is 0 Å². The summed E-state index contributed by atoms with van der Waals surface area (Å²) in [6.07, 6.45) is 1.42. The number of pyridine rings is 1. The zero-order valence-electron chi connectivity index (χ0n) is 14.1. The van der Waals surface area contributed by atoms with Crippen molar-refractivity contribution in [3.63, 3.8) is 0 Å². The van der Waals surface area contributed by atoms with Gasteiger partial charge in [-0.3, -0.25) is 4.98 Å². The van der Waals surface area contributed by atoms with E-state index >= 15 is 0 Å². The van der Waals surface area contributed by atoms with Crippen molar-refractivity contribution >= 4 is 22.3 Å². The van der Waals surface area contributed by atoms with Crippen molar-refractivity contribution in [2.24, 2.45) is 0 Å². The Labute approximate surface area is 144 Å². The molecule has 0 aliphatic rings. The molecule has 0 unspecified atom stereocenters. The predicted molar refractivity (Wildman–Crippen MR) is 94.0 cm³/mol. The fourth-order valence-corrected chi connectivity index (χ4v) is 2.57. The van der Waals surface area contributed by atoms with Crippen molar-refractivity contribution in [1.29, 1.82) is 5.26 Å². The Morgan fingerprint density at radius 3 is 2.64 bits per heavy atom. The molecule has 0 spiro atoms. The molecule has 5 nitrogen and oxygen atoms in total. The standard InChI is InChI=1S/C19H16FN3O2/c1-11-4-5-13(24-2)6-16(11)23-19-12(9-21)10-22-17-8-15(20)18(25-3)7-14(17)19/h4-8,10H,1-3H3,(H,22,23). The van der Waals surface area contributed by atoms with E-state index in [0.717, 1.165) is 11.3 Å². The van der Waals surface area contributed by atoms with E-state index in [9.17, 15) is 9.65 Å². The molecule has 0 aliphatic carbocycles. The summed E-state index contributed by atoms with van der Waals surface area (Å²) in [4.78, 5) is 4.16. The van der Waals surface area contributed by atoms with Crippen LogP contribution in [0.3, 0.4) is 0 Å². The Morgan fingerprint density at radius 1 is 1.16 bits per heavy atom. The van der Waals surface area contributed by atoms with Crippen LogP contribution in [0.15, 0.2) is 36.5 Å². The lowest BCUT2D eigenvalue weighted by atomic mass is 10.1. The lowest BCUT2D eigenvalue weighted by Crippen LogP contribution is -2.00. The molecule has 3 aromatic rings. The first-order valence-electron chi connectivity index (χ1n) is 7.55. The third-order valence-electron chi connectivity index (χ3n) is 3.97. The second kappa shape index (κ2) is 6.65. The molecular weight excluding hydrogens is 321 g/mol. The topological polar surface area (TPSA) is 67.2 Å². The van der Waals surface area contributed by atoms with E-state index in [4.69, 9.17) is 9.47 Å². The molecule has 0 bridgehead atoms. The molecule has 0 fully saturated rings. The minimum Gasteiger partial charge on any atom is -0.497 e. The molecule has 0 saturated carbocycles. The average molecular weight is 337 g/mol. The van der Waals surface area contributed by atoms with Gasteiger partial charge in [0, 0.05) is 29.4 Å². The zero-order valence-corrected chi connectivity index (χ0v) is 14.1. The normalized spacial score (nSPS) is 10.4. The second-order valence-electron chi connectivity index (χ2n) is 5.47. The van der Waals surface area contributed by atoms with Gasteiger partial charge in [0.1, 0.15) is 11.8 Å². The summed E-state index contributed by atoms with van der Waals surface area (Å²) in [6, 6.07) is 10.6. The highest BCUT2D eigenvalue weighted by Gasteiger charge is 2.14. The first kappa shape index (κ1) is 16.5. The minimum atomic E-state index is -0.504. The van der Waals surface area contributed by atoms with Crippen LogP contribution < -0.4 is 14.8 Å². The summed E-state index contributed by atoms with van der Waals surface area (Å²) < 4.78 is 24.3. The quantitative estimate of drug-likeness (QED) is 0.768. The minimum absolute atomic E-state index is 0.0924. The molecule has 0 aliphatic heterocycles. The van der Waals surface area contributed by atoms with E-state index in [2.05, 4.69) is 16.4 Å². The van der Waals surface area contributed by atoms with Crippen molar-refractivity contribution in [2.75, 3.05) is 19.5 Å². The van der Waals surface area contributed by atoms with Gasteiger partial charge in [0.25, 0.3) is 0 Å². The number of fused-ring (bicyclic) bond motifs is 1. The smallest absolute Gasteiger partial charge is 0.167 e. The molecule has 0 saturated heterocycles. The van der Waals surface area contributed by atoms with E-state index in [1.807, 2.05) is 25.1 Å². The Bertz CT molecular complexity index is 996. The highest BCUT2D eigenvalue weighted by molar-refractivity contribution is 5.97. The van der Waals surface area contributed by atoms with E-state index in [1.54, 1.807) is 7.11 Å². The van der Waals surface area contributed by atoms with Gasteiger partial charge >= 0.3 is 0 Å². The molecule has 3 rings (SSSR count). The van der Waals surface area contributed by atoms with Crippen LogP contribution in [-0.2, 0) is 0 Å². The van der Waals surface area contributed by atoms with E-state index in [0.29, 0.717) is 27.9 Å². The van der Waals surface area contributed by atoms with Gasteiger partial charge in [0.15, 0.2) is 11.6 Å². The SMILES string of the molecule is COc1ccc(C)c(Nc2c(C#N)cnc3cc(F)c(OC)cc23)c1. The number of nitriles is 1. The Balaban J connectivity index is 2.22. The number of benzene rings is 2. The maximum atomic E-state index is 14.0. The van der Waals surface area contributed by atoms with Crippen LogP contribution in [0.25, 0.3) is 10.9 Å². The molecule has 1 aromatic heterocycles. The number of ether oxygens (including phenoxy) is 2. The number of anilines is 2. The van der Waals surface area contributed by atoms with Crippen molar-refractivity contribution in [3.05, 3.63) is 53.5 Å². The largest absolute Gasteiger partial charge is 0.497 e. The maximum absolute atomic E-state index is 14.0. The fourth-order valence-electron chi connectivity index (χ4n) is 2.57. The van der Waals surface area contributed by atoms with Crippen molar-refractivity contribution in [1.82, 2.24) is 4.98 Å². The number of aryl methyl sites for hydroxylation is 1. The molecule has 1 heterocycles. The first-order chi connectivity index (χ1) is 12.1. The van der Waals surface area contributed by atoms with Gasteiger partial charge in [-0.05, 0) is 24.6 Å². The lowest BCUT2D eigenvalue weighted by Gasteiger charge is -2.15. The van der Waals surface area contributed by atoms with Crippen molar-refractivity contribution < 1.29 is 13.9 Å². The summed E-state index contributed by atoms with van der Waals surface area (Å²) in [7, 11) is 2.98. The van der Waals surface area contributed by atoms with Gasteiger partial charge in [-0.1, -0.05) is 6.07 Å². The summed E-state index contributed by atoms with van der Waals surface area (Å²) in [5.74, 6) is 0.277. The van der Waals surface area contributed by atoms with Gasteiger partial charge in [-0.2, -0.15) is 5.26 Å².